The topological polar surface area (TPSA) is 99.6 Å². The molecular weight excluding hydrogens is 510 g/mol. The number of unbranched alkanes of at least 4 members (excludes halogenated alkanes) is 2. The summed E-state index contributed by atoms with van der Waals surface area (Å²) in [6, 6.07) is 6.52. The summed E-state index contributed by atoms with van der Waals surface area (Å²) in [6.45, 7) is 9.63. The van der Waals surface area contributed by atoms with E-state index >= 15 is 0 Å². The zero-order valence-corrected chi connectivity index (χ0v) is 23.9. The lowest BCUT2D eigenvalue weighted by molar-refractivity contribution is -0.150. The average molecular weight is 552 g/mol. The fraction of sp³-hybridized carbons (Fsp3) is 0.581. The fourth-order valence-corrected chi connectivity index (χ4v) is 6.67. The van der Waals surface area contributed by atoms with Gasteiger partial charge in [-0.1, -0.05) is 24.3 Å². The van der Waals surface area contributed by atoms with E-state index < -0.39 is 35.1 Å². The Kier molecular flexibility index (Phi) is 7.81. The highest BCUT2D eigenvalue weighted by Gasteiger charge is 2.72. The quantitative estimate of drug-likeness (QED) is 0.394. The van der Waals surface area contributed by atoms with Gasteiger partial charge in [0.25, 0.3) is 0 Å². The van der Waals surface area contributed by atoms with Crippen LogP contribution in [-0.4, -0.2) is 88.8 Å². The summed E-state index contributed by atoms with van der Waals surface area (Å²) in [6.07, 6.45) is 8.99. The van der Waals surface area contributed by atoms with Crippen LogP contribution in [-0.2, 0) is 19.1 Å². The van der Waals surface area contributed by atoms with Gasteiger partial charge in [-0.2, -0.15) is 0 Å². The summed E-state index contributed by atoms with van der Waals surface area (Å²) >= 11 is 0. The molecule has 1 N–H and O–H groups in total. The van der Waals surface area contributed by atoms with E-state index in [-0.39, 0.29) is 24.3 Å². The molecule has 4 heterocycles. The van der Waals surface area contributed by atoms with Crippen LogP contribution >= 0.6 is 0 Å². The maximum Gasteiger partial charge on any atom is 0.249 e. The molecule has 3 amide bonds. The number of carbonyl (C=O) groups excluding carboxylic acids is 3. The first kappa shape index (κ1) is 28.4. The van der Waals surface area contributed by atoms with Crippen LogP contribution in [0.15, 0.2) is 48.6 Å². The molecule has 1 aromatic rings. The SMILES string of the molecule is CCOc1ccc(N2CC=C[C@H]3O[C@]45C=CCN(C(C)(C)C)C(=O)C4N(CCCCCO)C(=O)[C@@H]5[C@H]3C2=O)cc1. The Balaban J connectivity index is 1.53. The first-order valence-electron chi connectivity index (χ1n) is 14.4. The lowest BCUT2D eigenvalue weighted by Crippen LogP contribution is -2.58. The molecule has 4 aliphatic heterocycles. The van der Waals surface area contributed by atoms with E-state index in [0.29, 0.717) is 44.8 Å². The van der Waals surface area contributed by atoms with Crippen LogP contribution in [0.25, 0.3) is 0 Å². The van der Waals surface area contributed by atoms with Gasteiger partial charge in [0.1, 0.15) is 17.4 Å². The standard InChI is InChI=1S/C31H41N3O6/c1-5-39-22-14-12-21(13-15-22)32-18-9-11-23-24(27(32)36)25-28(37)33(17-7-6-8-20-35)26-29(38)34(30(2,3)4)19-10-16-31(25,26)40-23/h9-16,23-26,35H,5-8,17-20H2,1-4H3/t23-,24+,25+,26?,31+/m1/s1. The van der Waals surface area contributed by atoms with Crippen LogP contribution in [0, 0.1) is 11.8 Å². The van der Waals surface area contributed by atoms with E-state index in [1.165, 1.54) is 0 Å². The Hall–Kier alpha value is -3.17. The highest BCUT2D eigenvalue weighted by Crippen LogP contribution is 2.54. The second kappa shape index (κ2) is 11.0. The Morgan fingerprint density at radius 3 is 2.42 bits per heavy atom. The number of aliphatic hydroxyl groups excluding tert-OH is 1. The van der Waals surface area contributed by atoms with E-state index in [2.05, 4.69) is 0 Å². The summed E-state index contributed by atoms with van der Waals surface area (Å²) in [7, 11) is 0. The number of hydrogen-bond donors (Lipinski definition) is 1. The van der Waals surface area contributed by atoms with Gasteiger partial charge in [0.05, 0.1) is 24.5 Å². The molecule has 5 atom stereocenters. The number of carbonyl (C=O) groups is 3. The molecule has 0 saturated carbocycles. The third kappa shape index (κ3) is 4.73. The third-order valence-corrected chi connectivity index (χ3v) is 8.49. The normalized spacial score (nSPS) is 29.8. The summed E-state index contributed by atoms with van der Waals surface area (Å²) < 4.78 is 12.3. The van der Waals surface area contributed by atoms with Crippen molar-refractivity contribution in [1.82, 2.24) is 9.80 Å². The van der Waals surface area contributed by atoms with E-state index in [9.17, 15) is 19.5 Å². The molecule has 40 heavy (non-hydrogen) atoms. The van der Waals surface area contributed by atoms with Crippen LogP contribution in [0.2, 0.25) is 0 Å². The van der Waals surface area contributed by atoms with Gasteiger partial charge in [-0.3, -0.25) is 14.4 Å². The Bertz CT molecular complexity index is 1190. The number of fused-ring (bicyclic) bond motifs is 2. The van der Waals surface area contributed by atoms with Crippen molar-refractivity contribution in [2.75, 3.05) is 37.7 Å². The summed E-state index contributed by atoms with van der Waals surface area (Å²) in [4.78, 5) is 47.9. The number of benzene rings is 1. The number of ether oxygens (including phenoxy) is 2. The number of amides is 3. The third-order valence-electron chi connectivity index (χ3n) is 8.49. The minimum atomic E-state index is -1.23. The molecule has 0 aromatic heterocycles. The molecule has 9 nitrogen and oxygen atoms in total. The lowest BCUT2D eigenvalue weighted by Gasteiger charge is -2.40. The van der Waals surface area contributed by atoms with Gasteiger partial charge >= 0.3 is 0 Å². The molecule has 1 spiro atoms. The summed E-state index contributed by atoms with van der Waals surface area (Å²) in [5.74, 6) is -1.42. The molecule has 5 rings (SSSR count). The highest BCUT2D eigenvalue weighted by molar-refractivity contribution is 6.03. The van der Waals surface area contributed by atoms with Crippen LogP contribution in [0.5, 0.6) is 5.75 Å². The molecule has 216 valence electrons. The van der Waals surface area contributed by atoms with Crippen molar-refractivity contribution in [2.45, 2.75) is 70.2 Å². The van der Waals surface area contributed by atoms with Crippen molar-refractivity contribution in [3.8, 4) is 5.75 Å². The van der Waals surface area contributed by atoms with Crippen LogP contribution in [0.4, 0.5) is 5.69 Å². The van der Waals surface area contributed by atoms with Crippen LogP contribution in [0.1, 0.15) is 47.0 Å². The molecule has 2 fully saturated rings. The molecule has 1 unspecified atom stereocenters. The minimum Gasteiger partial charge on any atom is -0.494 e. The summed E-state index contributed by atoms with van der Waals surface area (Å²) in [5, 5.41) is 9.25. The Morgan fingerprint density at radius 1 is 1.00 bits per heavy atom. The number of likely N-dealkylation sites (tertiary alicyclic amines) is 1. The molecule has 0 aliphatic carbocycles. The number of hydrogen-bond acceptors (Lipinski definition) is 6. The molecule has 0 bridgehead atoms. The maximum atomic E-state index is 14.3. The van der Waals surface area contributed by atoms with Crippen molar-refractivity contribution < 1.29 is 29.0 Å². The smallest absolute Gasteiger partial charge is 0.249 e. The second-order valence-corrected chi connectivity index (χ2v) is 12.0. The first-order valence-corrected chi connectivity index (χ1v) is 14.4. The first-order chi connectivity index (χ1) is 19.1. The number of nitrogens with zero attached hydrogens (tertiary/aromatic N) is 3. The van der Waals surface area contributed by atoms with E-state index in [1.807, 2.05) is 76.3 Å². The molecule has 4 aliphatic rings. The molecule has 1 aromatic carbocycles. The van der Waals surface area contributed by atoms with Crippen LogP contribution < -0.4 is 9.64 Å². The van der Waals surface area contributed by atoms with E-state index in [1.54, 1.807) is 14.7 Å². The van der Waals surface area contributed by atoms with Gasteiger partial charge in [-0.05, 0) is 71.2 Å². The highest BCUT2D eigenvalue weighted by atomic mass is 16.5. The molecular formula is C31H41N3O6. The van der Waals surface area contributed by atoms with Crippen molar-refractivity contribution in [3.05, 3.63) is 48.6 Å². The van der Waals surface area contributed by atoms with E-state index in [4.69, 9.17) is 9.47 Å². The molecule has 0 radical (unpaired) electrons. The zero-order valence-electron chi connectivity index (χ0n) is 23.9. The number of aliphatic hydroxyl groups is 1. The predicted molar refractivity (Wildman–Crippen MR) is 151 cm³/mol. The van der Waals surface area contributed by atoms with Gasteiger partial charge in [-0.25, -0.2) is 0 Å². The average Bonchev–Trinajstić information content (AvgIpc) is 3.21. The predicted octanol–water partition coefficient (Wildman–Crippen LogP) is 2.93. The zero-order chi connectivity index (χ0) is 28.7. The maximum absolute atomic E-state index is 14.3. The molecule has 9 heteroatoms. The van der Waals surface area contributed by atoms with Crippen molar-refractivity contribution in [3.63, 3.8) is 0 Å². The van der Waals surface area contributed by atoms with Crippen molar-refractivity contribution >= 4 is 23.4 Å². The van der Waals surface area contributed by atoms with Crippen molar-refractivity contribution in [2.24, 2.45) is 11.8 Å². The van der Waals surface area contributed by atoms with Gasteiger partial charge in [0.2, 0.25) is 17.7 Å². The Morgan fingerprint density at radius 2 is 1.75 bits per heavy atom. The Labute approximate surface area is 236 Å². The van der Waals surface area contributed by atoms with Gasteiger partial charge in [-0.15, -0.1) is 0 Å². The number of rotatable bonds is 8. The van der Waals surface area contributed by atoms with Crippen LogP contribution in [0.3, 0.4) is 0 Å². The largest absolute Gasteiger partial charge is 0.494 e. The van der Waals surface area contributed by atoms with E-state index in [0.717, 1.165) is 12.2 Å². The van der Waals surface area contributed by atoms with Crippen molar-refractivity contribution in [1.29, 1.82) is 0 Å². The van der Waals surface area contributed by atoms with Gasteiger partial charge in [0, 0.05) is 37.5 Å². The molecule has 2 saturated heterocycles. The monoisotopic (exact) mass is 551 g/mol. The number of anilines is 1. The van der Waals surface area contributed by atoms with Gasteiger partial charge < -0.3 is 29.3 Å². The minimum absolute atomic E-state index is 0.0818. The summed E-state index contributed by atoms with van der Waals surface area (Å²) in [5.41, 5.74) is -0.976. The lowest BCUT2D eigenvalue weighted by atomic mass is 9.77. The van der Waals surface area contributed by atoms with Gasteiger partial charge in [0.15, 0.2) is 0 Å². The fourth-order valence-electron chi connectivity index (χ4n) is 6.67. The second-order valence-electron chi connectivity index (χ2n) is 12.0.